The van der Waals surface area contributed by atoms with Crippen LogP contribution in [0.5, 0.6) is 0 Å². The van der Waals surface area contributed by atoms with Crippen molar-refractivity contribution in [1.29, 1.82) is 0 Å². The SMILES string of the molecule is C/C=C/C(=O)N1CCCC1(SC)c1nc(-c2ccc(C(=O)c3cccc(C(C)(C)C)c3)cc2)c2c(N)nccn12. The molecule has 1 aliphatic rings. The zero-order valence-corrected chi connectivity index (χ0v) is 24.5. The molecule has 3 heterocycles. The highest BCUT2D eigenvalue weighted by Crippen LogP contribution is 2.48. The van der Waals surface area contributed by atoms with Crippen molar-refractivity contribution in [2.24, 2.45) is 0 Å². The minimum Gasteiger partial charge on any atom is -0.382 e. The van der Waals surface area contributed by atoms with Gasteiger partial charge in [0.1, 0.15) is 21.9 Å². The molecule has 0 spiro atoms. The maximum absolute atomic E-state index is 13.4. The first-order valence-corrected chi connectivity index (χ1v) is 14.7. The number of imidazole rings is 1. The van der Waals surface area contributed by atoms with Gasteiger partial charge >= 0.3 is 0 Å². The maximum atomic E-state index is 13.4. The van der Waals surface area contributed by atoms with Gasteiger partial charge in [0.05, 0.1) is 0 Å². The monoisotopic (exact) mass is 553 g/mol. The fraction of sp³-hybridized carbons (Fsp3) is 0.312. The van der Waals surface area contributed by atoms with E-state index in [-0.39, 0.29) is 17.1 Å². The number of benzene rings is 2. The number of carbonyl (C=O) groups is 2. The molecule has 8 heteroatoms. The fourth-order valence-electron chi connectivity index (χ4n) is 5.46. The summed E-state index contributed by atoms with van der Waals surface area (Å²) in [7, 11) is 0. The van der Waals surface area contributed by atoms with Crippen molar-refractivity contribution in [3.05, 3.63) is 95.6 Å². The standard InChI is InChI=1S/C32H35N5O2S/c1-6-9-25(38)37-18-8-16-32(37,40-5)30-35-26(27-29(33)34-17-19-36(27)30)21-12-14-22(15-13-21)28(39)23-10-7-11-24(20-23)31(2,3)4/h6-7,9-15,17,19-20H,8,16,18H2,1-5H3,(H2,33,34)/b9-6+. The number of nitrogen functional groups attached to an aromatic ring is 1. The van der Waals surface area contributed by atoms with Crippen molar-refractivity contribution in [2.75, 3.05) is 18.5 Å². The minimum absolute atomic E-state index is 0.0281. The summed E-state index contributed by atoms with van der Waals surface area (Å²) in [6.45, 7) is 8.91. The highest BCUT2D eigenvalue weighted by molar-refractivity contribution is 7.99. The lowest BCUT2D eigenvalue weighted by Crippen LogP contribution is -2.43. The number of likely N-dealkylation sites (tertiary alicyclic amines) is 1. The molecule has 2 N–H and O–H groups in total. The Morgan fingerprint density at radius 2 is 1.85 bits per heavy atom. The van der Waals surface area contributed by atoms with E-state index in [0.717, 1.165) is 29.8 Å². The molecule has 0 saturated carbocycles. The van der Waals surface area contributed by atoms with Crippen LogP contribution in [0.1, 0.15) is 67.8 Å². The normalized spacial score (nSPS) is 17.7. The van der Waals surface area contributed by atoms with Crippen molar-refractivity contribution >= 4 is 34.8 Å². The van der Waals surface area contributed by atoms with Gasteiger partial charge in [-0.2, -0.15) is 0 Å². The summed E-state index contributed by atoms with van der Waals surface area (Å²) in [6, 6.07) is 15.3. The molecule has 0 radical (unpaired) electrons. The molecular formula is C32H35N5O2S. The summed E-state index contributed by atoms with van der Waals surface area (Å²) >= 11 is 1.61. The number of allylic oxidation sites excluding steroid dienone is 1. The molecule has 5 rings (SSSR count). The molecular weight excluding hydrogens is 518 g/mol. The highest BCUT2D eigenvalue weighted by Gasteiger charge is 2.47. The van der Waals surface area contributed by atoms with Gasteiger partial charge in [-0.1, -0.05) is 69.3 Å². The number of carbonyl (C=O) groups excluding carboxylic acids is 2. The Bertz CT molecular complexity index is 1620. The van der Waals surface area contributed by atoms with Crippen LogP contribution in [0.4, 0.5) is 5.82 Å². The van der Waals surface area contributed by atoms with Crippen LogP contribution < -0.4 is 5.73 Å². The van der Waals surface area contributed by atoms with Crippen molar-refractivity contribution in [1.82, 2.24) is 19.3 Å². The number of amides is 1. The third kappa shape index (κ3) is 4.70. The van der Waals surface area contributed by atoms with Crippen LogP contribution in [0, 0.1) is 0 Å². The number of hydrogen-bond acceptors (Lipinski definition) is 6. The molecule has 4 aromatic rings. The number of ketones is 1. The molecule has 0 bridgehead atoms. The van der Waals surface area contributed by atoms with Crippen LogP contribution in [0.15, 0.2) is 73.1 Å². The van der Waals surface area contributed by atoms with Gasteiger partial charge in [0.25, 0.3) is 0 Å². The Kier molecular flexibility index (Phi) is 7.31. The van der Waals surface area contributed by atoms with Gasteiger partial charge in [-0.3, -0.25) is 14.0 Å². The van der Waals surface area contributed by atoms with E-state index in [4.69, 9.17) is 10.7 Å². The Morgan fingerprint density at radius 1 is 1.10 bits per heavy atom. The molecule has 1 atom stereocenters. The average molecular weight is 554 g/mol. The third-order valence-corrected chi connectivity index (χ3v) is 8.87. The van der Waals surface area contributed by atoms with Gasteiger partial charge in [-0.05, 0) is 49.1 Å². The third-order valence-electron chi connectivity index (χ3n) is 7.59. The molecule has 206 valence electrons. The summed E-state index contributed by atoms with van der Waals surface area (Å²) in [5.74, 6) is 1.04. The van der Waals surface area contributed by atoms with Gasteiger partial charge in [-0.15, -0.1) is 11.8 Å². The van der Waals surface area contributed by atoms with Gasteiger partial charge in [-0.25, -0.2) is 9.97 Å². The zero-order valence-electron chi connectivity index (χ0n) is 23.6. The highest BCUT2D eigenvalue weighted by atomic mass is 32.2. The quantitative estimate of drug-likeness (QED) is 0.225. The number of hydrogen-bond donors (Lipinski definition) is 1. The maximum Gasteiger partial charge on any atom is 0.247 e. The Hall–Kier alpha value is -3.91. The first-order chi connectivity index (χ1) is 19.1. The van der Waals surface area contributed by atoms with Crippen LogP contribution in [-0.4, -0.2) is 43.8 Å². The van der Waals surface area contributed by atoms with E-state index in [2.05, 4.69) is 31.8 Å². The predicted octanol–water partition coefficient (Wildman–Crippen LogP) is 6.22. The Morgan fingerprint density at radius 3 is 2.52 bits per heavy atom. The van der Waals surface area contributed by atoms with E-state index >= 15 is 0 Å². The van der Waals surface area contributed by atoms with Crippen LogP contribution >= 0.6 is 11.8 Å². The van der Waals surface area contributed by atoms with Crippen LogP contribution in [-0.2, 0) is 15.1 Å². The second-order valence-electron chi connectivity index (χ2n) is 11.1. The van der Waals surface area contributed by atoms with Crippen molar-refractivity contribution in [2.45, 2.75) is 50.8 Å². The summed E-state index contributed by atoms with van der Waals surface area (Å²) in [4.78, 5) is 37.2. The van der Waals surface area contributed by atoms with E-state index in [1.54, 1.807) is 30.1 Å². The second-order valence-corrected chi connectivity index (χ2v) is 12.2. The topological polar surface area (TPSA) is 93.6 Å². The minimum atomic E-state index is -0.639. The number of thioether (sulfide) groups is 1. The summed E-state index contributed by atoms with van der Waals surface area (Å²) in [5.41, 5.74) is 10.9. The lowest BCUT2D eigenvalue weighted by atomic mass is 9.85. The van der Waals surface area contributed by atoms with E-state index < -0.39 is 4.87 Å². The van der Waals surface area contributed by atoms with Crippen molar-refractivity contribution in [3.63, 3.8) is 0 Å². The molecule has 1 fully saturated rings. The average Bonchev–Trinajstić information content (AvgIpc) is 3.56. The van der Waals surface area contributed by atoms with Gasteiger partial charge in [0, 0.05) is 35.6 Å². The van der Waals surface area contributed by atoms with E-state index in [0.29, 0.717) is 34.7 Å². The Labute approximate surface area is 239 Å². The smallest absolute Gasteiger partial charge is 0.247 e. The van der Waals surface area contributed by atoms with Crippen molar-refractivity contribution < 1.29 is 9.59 Å². The van der Waals surface area contributed by atoms with E-state index in [1.807, 2.05) is 71.1 Å². The molecule has 2 aromatic heterocycles. The Balaban J connectivity index is 1.57. The number of nitrogens with two attached hydrogens (primary N) is 1. The van der Waals surface area contributed by atoms with Crippen LogP contribution in [0.2, 0.25) is 0 Å². The summed E-state index contributed by atoms with van der Waals surface area (Å²) in [5, 5.41) is 0. The molecule has 7 nitrogen and oxygen atoms in total. The lowest BCUT2D eigenvalue weighted by Gasteiger charge is -2.35. The summed E-state index contributed by atoms with van der Waals surface area (Å²) < 4.78 is 1.96. The fourth-order valence-corrected chi connectivity index (χ4v) is 6.54. The second kappa shape index (κ2) is 10.6. The number of rotatable bonds is 6. The zero-order chi connectivity index (χ0) is 28.7. The van der Waals surface area contributed by atoms with Gasteiger partial charge in [0.15, 0.2) is 11.6 Å². The molecule has 0 aliphatic carbocycles. The first-order valence-electron chi connectivity index (χ1n) is 13.5. The molecule has 1 unspecified atom stereocenters. The molecule has 2 aromatic carbocycles. The number of aromatic nitrogens is 3. The van der Waals surface area contributed by atoms with Crippen LogP contribution in [0.25, 0.3) is 16.8 Å². The van der Waals surface area contributed by atoms with E-state index in [9.17, 15) is 9.59 Å². The molecule has 40 heavy (non-hydrogen) atoms. The first kappa shape index (κ1) is 27.6. The number of fused-ring (bicyclic) bond motifs is 1. The lowest BCUT2D eigenvalue weighted by molar-refractivity contribution is -0.127. The molecule has 1 aliphatic heterocycles. The largest absolute Gasteiger partial charge is 0.382 e. The predicted molar refractivity (Wildman–Crippen MR) is 162 cm³/mol. The van der Waals surface area contributed by atoms with Crippen LogP contribution in [0.3, 0.4) is 0 Å². The van der Waals surface area contributed by atoms with Gasteiger partial charge in [0.2, 0.25) is 5.91 Å². The number of anilines is 1. The van der Waals surface area contributed by atoms with Gasteiger partial charge < -0.3 is 10.6 Å². The van der Waals surface area contributed by atoms with Crippen molar-refractivity contribution in [3.8, 4) is 11.3 Å². The molecule has 1 saturated heterocycles. The summed E-state index contributed by atoms with van der Waals surface area (Å²) in [6.07, 6.45) is 10.6. The number of nitrogens with zero attached hydrogens (tertiary/aromatic N) is 4. The molecule has 1 amide bonds. The van der Waals surface area contributed by atoms with E-state index in [1.165, 1.54) is 0 Å².